The van der Waals surface area contributed by atoms with Gasteiger partial charge in [0.05, 0.1) is 24.0 Å². The average Bonchev–Trinajstić information content (AvgIpc) is 2.84. The molecule has 2 aromatic heterocycles. The van der Waals surface area contributed by atoms with Crippen LogP contribution in [0, 0.1) is 6.92 Å². The number of ether oxygens (including phenoxy) is 1. The Morgan fingerprint density at radius 3 is 2.58 bits per heavy atom. The van der Waals surface area contributed by atoms with Crippen LogP contribution in [0.5, 0.6) is 0 Å². The number of aromatic nitrogens is 4. The molecule has 2 heterocycles. The highest BCUT2D eigenvalue weighted by atomic mass is 19.4. The van der Waals surface area contributed by atoms with Crippen molar-refractivity contribution in [2.75, 3.05) is 17.7 Å². The zero-order valence-corrected chi connectivity index (χ0v) is 14.1. The molecule has 7 nitrogen and oxygen atoms in total. The Kier molecular flexibility index (Phi) is 5.95. The van der Waals surface area contributed by atoms with Gasteiger partial charge in [0.15, 0.2) is 0 Å². The van der Waals surface area contributed by atoms with Gasteiger partial charge < -0.3 is 15.4 Å². The summed E-state index contributed by atoms with van der Waals surface area (Å²) in [4.78, 5) is 7.45. The number of aryl methyl sites for hydroxylation is 1. The third-order valence-electron chi connectivity index (χ3n) is 3.30. The van der Waals surface area contributed by atoms with Crippen LogP contribution in [-0.4, -0.2) is 39.5 Å². The normalized spacial score (nSPS) is 13.1. The highest BCUT2D eigenvalue weighted by molar-refractivity contribution is 5.57. The molecule has 0 aliphatic rings. The summed E-state index contributed by atoms with van der Waals surface area (Å²) < 4.78 is 68.7. The van der Waals surface area contributed by atoms with Gasteiger partial charge in [-0.3, -0.25) is 4.68 Å². The van der Waals surface area contributed by atoms with Crippen LogP contribution in [0.4, 0.5) is 39.4 Å². The fourth-order valence-electron chi connectivity index (χ4n) is 2.18. The van der Waals surface area contributed by atoms with Crippen LogP contribution in [0.25, 0.3) is 0 Å². The number of rotatable bonds is 7. The molecule has 0 unspecified atom stereocenters. The minimum absolute atomic E-state index is 0.0677. The van der Waals surface area contributed by atoms with Gasteiger partial charge in [-0.05, 0) is 13.8 Å². The Labute approximate surface area is 145 Å². The number of hydrogen-bond acceptors (Lipinski definition) is 6. The van der Waals surface area contributed by atoms with Gasteiger partial charge >= 0.3 is 12.8 Å². The Balaban J connectivity index is 2.16. The van der Waals surface area contributed by atoms with Crippen LogP contribution in [0.2, 0.25) is 0 Å². The highest BCUT2D eigenvalue weighted by Gasteiger charge is 2.35. The summed E-state index contributed by atoms with van der Waals surface area (Å²) in [7, 11) is 1.31. The molecule has 0 bridgehead atoms. The minimum atomic E-state index is -4.58. The fraction of sp³-hybridized carbons (Fsp3) is 0.500. The predicted octanol–water partition coefficient (Wildman–Crippen LogP) is 3.41. The fourth-order valence-corrected chi connectivity index (χ4v) is 2.18. The van der Waals surface area contributed by atoms with Crippen molar-refractivity contribution in [1.29, 1.82) is 0 Å². The third kappa shape index (κ3) is 5.00. The molecule has 0 saturated carbocycles. The van der Waals surface area contributed by atoms with Crippen LogP contribution in [-0.2, 0) is 17.5 Å². The SMILES string of the molecule is CNc1nc(Nc2cn(C[C@@H](C)OC(F)F)nc2C)ncc1C(F)(F)F. The lowest BCUT2D eigenvalue weighted by molar-refractivity contribution is -0.161. The minimum Gasteiger partial charge on any atom is -0.372 e. The Bertz CT molecular complexity index is 748. The lowest BCUT2D eigenvalue weighted by Gasteiger charge is -2.12. The first kappa shape index (κ1) is 19.8. The lowest BCUT2D eigenvalue weighted by Crippen LogP contribution is -2.19. The summed E-state index contributed by atoms with van der Waals surface area (Å²) in [6, 6.07) is 0. The standard InChI is InChI=1S/C14H17F5N6O/c1-7(26-12(15)16)5-25-6-10(8(2)24-25)22-13-21-4-9(14(17,18)19)11(20-3)23-13/h4,6-7,12H,5H2,1-3H3,(H2,20,21,22,23)/t7-/m1/s1. The van der Waals surface area contributed by atoms with E-state index in [4.69, 9.17) is 0 Å². The zero-order chi connectivity index (χ0) is 19.5. The molecule has 0 saturated heterocycles. The van der Waals surface area contributed by atoms with E-state index in [2.05, 4.69) is 30.4 Å². The van der Waals surface area contributed by atoms with E-state index in [-0.39, 0.29) is 18.3 Å². The highest BCUT2D eigenvalue weighted by Crippen LogP contribution is 2.33. The molecule has 1 atom stereocenters. The Hall–Kier alpha value is -2.50. The van der Waals surface area contributed by atoms with Gasteiger partial charge in [-0.1, -0.05) is 0 Å². The molecule has 12 heteroatoms. The second-order valence-electron chi connectivity index (χ2n) is 5.39. The van der Waals surface area contributed by atoms with Crippen molar-refractivity contribution in [3.05, 3.63) is 23.7 Å². The van der Waals surface area contributed by atoms with E-state index in [9.17, 15) is 22.0 Å². The monoisotopic (exact) mass is 380 g/mol. The quantitative estimate of drug-likeness (QED) is 0.717. The van der Waals surface area contributed by atoms with Gasteiger partial charge in [0, 0.05) is 19.4 Å². The second-order valence-corrected chi connectivity index (χ2v) is 5.39. The Morgan fingerprint density at radius 1 is 1.31 bits per heavy atom. The van der Waals surface area contributed by atoms with Crippen molar-refractivity contribution >= 4 is 17.5 Å². The number of anilines is 3. The number of nitrogens with zero attached hydrogens (tertiary/aromatic N) is 4. The second kappa shape index (κ2) is 7.81. The van der Waals surface area contributed by atoms with Crippen molar-refractivity contribution in [2.24, 2.45) is 0 Å². The van der Waals surface area contributed by atoms with Crippen molar-refractivity contribution in [1.82, 2.24) is 19.7 Å². The van der Waals surface area contributed by atoms with Crippen molar-refractivity contribution in [3.8, 4) is 0 Å². The van der Waals surface area contributed by atoms with Gasteiger partial charge in [-0.2, -0.15) is 32.0 Å². The first-order valence-corrected chi connectivity index (χ1v) is 7.46. The number of nitrogens with one attached hydrogen (secondary N) is 2. The molecular formula is C14H17F5N6O. The predicted molar refractivity (Wildman–Crippen MR) is 83.4 cm³/mol. The van der Waals surface area contributed by atoms with Gasteiger partial charge in [0.25, 0.3) is 0 Å². The van der Waals surface area contributed by atoms with Crippen molar-refractivity contribution in [3.63, 3.8) is 0 Å². The number of halogens is 5. The number of alkyl halides is 5. The van der Waals surface area contributed by atoms with Gasteiger partial charge in [-0.25, -0.2) is 4.98 Å². The molecule has 0 aliphatic heterocycles. The van der Waals surface area contributed by atoms with E-state index in [1.165, 1.54) is 24.9 Å². The van der Waals surface area contributed by atoms with E-state index in [0.717, 1.165) is 0 Å². The first-order chi connectivity index (χ1) is 12.1. The first-order valence-electron chi connectivity index (χ1n) is 7.46. The largest absolute Gasteiger partial charge is 0.421 e. The summed E-state index contributed by atoms with van der Waals surface area (Å²) in [5.74, 6) is -0.444. The van der Waals surface area contributed by atoms with E-state index in [1.807, 2.05) is 0 Å². The van der Waals surface area contributed by atoms with Gasteiger partial charge in [0.2, 0.25) is 5.95 Å². The summed E-state index contributed by atoms with van der Waals surface area (Å²) in [5, 5.41) is 9.26. The molecule has 0 amide bonds. The molecule has 26 heavy (non-hydrogen) atoms. The maximum Gasteiger partial charge on any atom is 0.421 e. The van der Waals surface area contributed by atoms with E-state index in [0.29, 0.717) is 17.6 Å². The Morgan fingerprint density at radius 2 is 2.00 bits per heavy atom. The average molecular weight is 380 g/mol. The molecule has 2 rings (SSSR count). The molecular weight excluding hydrogens is 363 g/mol. The molecule has 144 valence electrons. The molecule has 0 spiro atoms. The molecule has 0 radical (unpaired) electrons. The van der Waals surface area contributed by atoms with Crippen LogP contribution in [0.15, 0.2) is 12.4 Å². The topological polar surface area (TPSA) is 76.9 Å². The van der Waals surface area contributed by atoms with Crippen LogP contribution >= 0.6 is 0 Å². The number of hydrogen-bond donors (Lipinski definition) is 2. The van der Waals surface area contributed by atoms with Crippen molar-refractivity contribution in [2.45, 2.75) is 39.3 Å². The zero-order valence-electron chi connectivity index (χ0n) is 14.1. The van der Waals surface area contributed by atoms with E-state index < -0.39 is 24.5 Å². The molecule has 0 aliphatic carbocycles. The van der Waals surface area contributed by atoms with Crippen LogP contribution in [0.1, 0.15) is 18.2 Å². The van der Waals surface area contributed by atoms with Gasteiger partial charge in [0.1, 0.15) is 11.4 Å². The maximum atomic E-state index is 12.9. The van der Waals surface area contributed by atoms with E-state index >= 15 is 0 Å². The summed E-state index contributed by atoms with van der Waals surface area (Å²) in [6.07, 6.45) is -3.20. The molecule has 0 fully saturated rings. The smallest absolute Gasteiger partial charge is 0.372 e. The van der Waals surface area contributed by atoms with Crippen molar-refractivity contribution < 1.29 is 26.7 Å². The van der Waals surface area contributed by atoms with Gasteiger partial charge in [-0.15, -0.1) is 0 Å². The third-order valence-corrected chi connectivity index (χ3v) is 3.30. The molecule has 2 aromatic rings. The summed E-state index contributed by atoms with van der Waals surface area (Å²) in [5.41, 5.74) is -0.0734. The van der Waals surface area contributed by atoms with Crippen LogP contribution < -0.4 is 10.6 Å². The molecule has 0 aromatic carbocycles. The lowest BCUT2D eigenvalue weighted by atomic mass is 10.3. The van der Waals surface area contributed by atoms with E-state index in [1.54, 1.807) is 6.92 Å². The van der Waals surface area contributed by atoms with Crippen LogP contribution in [0.3, 0.4) is 0 Å². The molecule has 2 N–H and O–H groups in total. The summed E-state index contributed by atoms with van der Waals surface area (Å²) >= 11 is 0. The summed E-state index contributed by atoms with van der Waals surface area (Å²) in [6.45, 7) is 0.289. The maximum absolute atomic E-state index is 12.9.